The molecule has 2 saturated heterocycles. The zero-order valence-corrected chi connectivity index (χ0v) is 14.0. The summed E-state index contributed by atoms with van der Waals surface area (Å²) in [5.41, 5.74) is -0.464. The topological polar surface area (TPSA) is 52.6 Å². The van der Waals surface area contributed by atoms with Crippen molar-refractivity contribution in [2.45, 2.75) is 31.8 Å². The molecular weight excluding hydrogens is 290 g/mol. The average Bonchev–Trinajstić information content (AvgIpc) is 2.99. The molecule has 0 saturated carbocycles. The maximum absolute atomic E-state index is 13.2. The second-order valence-electron chi connectivity index (χ2n) is 6.59. The Labute approximate surface area is 137 Å². The number of aromatic nitrogens is 2. The van der Waals surface area contributed by atoms with Crippen molar-refractivity contribution >= 4 is 11.7 Å². The van der Waals surface area contributed by atoms with Crippen LogP contribution in [0.15, 0.2) is 31.2 Å². The van der Waals surface area contributed by atoms with E-state index in [4.69, 9.17) is 0 Å². The highest BCUT2D eigenvalue weighted by atomic mass is 16.2. The first-order chi connectivity index (χ1) is 11.1. The summed E-state index contributed by atoms with van der Waals surface area (Å²) in [6, 6.07) is 0.232. The predicted octanol–water partition coefficient (Wildman–Crippen LogP) is 1.16. The zero-order chi connectivity index (χ0) is 16.4. The van der Waals surface area contributed by atoms with Crippen molar-refractivity contribution in [1.82, 2.24) is 19.8 Å². The highest BCUT2D eigenvalue weighted by molar-refractivity contribution is 5.89. The van der Waals surface area contributed by atoms with Gasteiger partial charge in [-0.05, 0) is 20.3 Å². The fourth-order valence-electron chi connectivity index (χ4n) is 3.74. The molecule has 23 heavy (non-hydrogen) atoms. The van der Waals surface area contributed by atoms with E-state index in [0.29, 0.717) is 6.54 Å². The molecule has 1 atom stereocenters. The van der Waals surface area contributed by atoms with Gasteiger partial charge in [-0.2, -0.15) is 0 Å². The van der Waals surface area contributed by atoms with Gasteiger partial charge < -0.3 is 9.80 Å². The van der Waals surface area contributed by atoms with E-state index >= 15 is 0 Å². The summed E-state index contributed by atoms with van der Waals surface area (Å²) < 4.78 is 0. The number of hydrogen-bond donors (Lipinski definition) is 0. The Kier molecular flexibility index (Phi) is 4.35. The fourth-order valence-corrected chi connectivity index (χ4v) is 3.74. The van der Waals surface area contributed by atoms with Gasteiger partial charge in [0.1, 0.15) is 11.4 Å². The smallest absolute Gasteiger partial charge is 0.245 e. The molecular formula is C17H25N5O. The molecule has 0 radical (unpaired) electrons. The molecule has 1 amide bonds. The Morgan fingerprint density at radius 1 is 1.35 bits per heavy atom. The molecule has 6 nitrogen and oxygen atoms in total. The highest BCUT2D eigenvalue weighted by Gasteiger charge is 2.53. The zero-order valence-electron chi connectivity index (χ0n) is 14.0. The van der Waals surface area contributed by atoms with Crippen LogP contribution in [0, 0.1) is 0 Å². The van der Waals surface area contributed by atoms with E-state index < -0.39 is 5.54 Å². The van der Waals surface area contributed by atoms with E-state index in [-0.39, 0.29) is 11.9 Å². The first kappa shape index (κ1) is 15.9. The van der Waals surface area contributed by atoms with Gasteiger partial charge in [0.25, 0.3) is 0 Å². The number of amides is 1. The molecule has 0 N–H and O–H groups in total. The van der Waals surface area contributed by atoms with E-state index in [1.807, 2.05) is 11.0 Å². The first-order valence-electron chi connectivity index (χ1n) is 8.26. The molecule has 0 bridgehead atoms. The normalized spacial score (nSPS) is 25.6. The summed E-state index contributed by atoms with van der Waals surface area (Å²) in [7, 11) is 0. The molecule has 3 heterocycles. The van der Waals surface area contributed by atoms with Crippen LogP contribution in [0.3, 0.4) is 0 Å². The third kappa shape index (κ3) is 2.72. The maximum atomic E-state index is 13.2. The second-order valence-corrected chi connectivity index (χ2v) is 6.59. The third-order valence-corrected chi connectivity index (χ3v) is 4.97. The number of nitrogens with zero attached hydrogens (tertiary/aromatic N) is 5. The highest BCUT2D eigenvalue weighted by Crippen LogP contribution is 2.35. The van der Waals surface area contributed by atoms with Gasteiger partial charge in [-0.1, -0.05) is 6.08 Å². The van der Waals surface area contributed by atoms with Crippen molar-refractivity contribution in [3.63, 3.8) is 0 Å². The van der Waals surface area contributed by atoms with Crippen molar-refractivity contribution in [2.75, 3.05) is 37.6 Å². The minimum Gasteiger partial charge on any atom is -0.353 e. The molecule has 0 aromatic carbocycles. The number of rotatable bonds is 4. The van der Waals surface area contributed by atoms with Gasteiger partial charge in [-0.15, -0.1) is 6.58 Å². The van der Waals surface area contributed by atoms with Crippen molar-refractivity contribution < 1.29 is 4.79 Å². The van der Waals surface area contributed by atoms with Crippen LogP contribution in [0.1, 0.15) is 20.3 Å². The molecule has 6 heteroatoms. The predicted molar refractivity (Wildman–Crippen MR) is 90.2 cm³/mol. The van der Waals surface area contributed by atoms with Gasteiger partial charge in [0.15, 0.2) is 0 Å². The summed E-state index contributed by atoms with van der Waals surface area (Å²) >= 11 is 0. The lowest BCUT2D eigenvalue weighted by Gasteiger charge is -2.48. The number of anilines is 1. The third-order valence-electron chi connectivity index (χ3n) is 4.97. The maximum Gasteiger partial charge on any atom is 0.245 e. The average molecular weight is 315 g/mol. The number of piperazine rings is 1. The van der Waals surface area contributed by atoms with Crippen LogP contribution in [-0.2, 0) is 4.79 Å². The van der Waals surface area contributed by atoms with E-state index in [1.54, 1.807) is 18.6 Å². The molecule has 1 aromatic heterocycles. The first-order valence-corrected chi connectivity index (χ1v) is 8.26. The summed E-state index contributed by atoms with van der Waals surface area (Å²) in [5, 5.41) is 0. The van der Waals surface area contributed by atoms with Gasteiger partial charge >= 0.3 is 0 Å². The lowest BCUT2D eigenvalue weighted by Crippen LogP contribution is -2.68. The minimum absolute atomic E-state index is 0.232. The van der Waals surface area contributed by atoms with E-state index in [2.05, 4.69) is 40.2 Å². The summed E-state index contributed by atoms with van der Waals surface area (Å²) in [6.45, 7) is 12.0. The summed E-state index contributed by atoms with van der Waals surface area (Å²) in [5.74, 6) is 1.09. The standard InChI is InChI=1S/C17H25N5O/c1-4-8-21-10-11-22(14(2)3)16(23)17(21)5-9-20(13-17)15-12-18-6-7-19-15/h4,6-7,12,14H,1,5,8-11,13H2,2-3H3. The Morgan fingerprint density at radius 3 is 2.83 bits per heavy atom. The molecule has 2 fully saturated rings. The van der Waals surface area contributed by atoms with Gasteiger partial charge in [0.05, 0.1) is 6.20 Å². The van der Waals surface area contributed by atoms with Crippen molar-refractivity contribution in [2.24, 2.45) is 0 Å². The van der Waals surface area contributed by atoms with Gasteiger partial charge in [0, 0.05) is 51.2 Å². The summed E-state index contributed by atoms with van der Waals surface area (Å²) in [6.07, 6.45) is 7.85. The lowest BCUT2D eigenvalue weighted by molar-refractivity contribution is -0.151. The molecule has 2 aliphatic rings. The number of hydrogen-bond acceptors (Lipinski definition) is 5. The monoisotopic (exact) mass is 315 g/mol. The van der Waals surface area contributed by atoms with Crippen molar-refractivity contribution in [3.8, 4) is 0 Å². The Hall–Kier alpha value is -1.95. The molecule has 124 valence electrons. The van der Waals surface area contributed by atoms with Crippen LogP contribution in [0.25, 0.3) is 0 Å². The molecule has 1 unspecified atom stereocenters. The molecule has 2 aliphatic heterocycles. The quantitative estimate of drug-likeness (QED) is 0.781. The molecule has 0 aliphatic carbocycles. The minimum atomic E-state index is -0.464. The van der Waals surface area contributed by atoms with Crippen molar-refractivity contribution in [1.29, 1.82) is 0 Å². The Bertz CT molecular complexity index is 576. The summed E-state index contributed by atoms with van der Waals surface area (Å²) in [4.78, 5) is 28.3. The Balaban J connectivity index is 1.89. The van der Waals surface area contributed by atoms with Crippen LogP contribution in [0.4, 0.5) is 5.82 Å². The van der Waals surface area contributed by atoms with Crippen LogP contribution >= 0.6 is 0 Å². The molecule has 3 rings (SSSR count). The second kappa shape index (κ2) is 6.28. The van der Waals surface area contributed by atoms with Crippen LogP contribution in [0.2, 0.25) is 0 Å². The number of carbonyl (C=O) groups excluding carboxylic acids is 1. The van der Waals surface area contributed by atoms with Gasteiger partial charge in [0.2, 0.25) is 5.91 Å². The largest absolute Gasteiger partial charge is 0.353 e. The van der Waals surface area contributed by atoms with E-state index in [1.165, 1.54) is 0 Å². The van der Waals surface area contributed by atoms with Crippen LogP contribution in [-0.4, -0.2) is 70.0 Å². The van der Waals surface area contributed by atoms with E-state index in [9.17, 15) is 4.79 Å². The van der Waals surface area contributed by atoms with Crippen LogP contribution < -0.4 is 4.90 Å². The Morgan fingerprint density at radius 2 is 2.17 bits per heavy atom. The lowest BCUT2D eigenvalue weighted by atomic mass is 9.90. The molecule has 1 spiro atoms. The van der Waals surface area contributed by atoms with Gasteiger partial charge in [-0.3, -0.25) is 14.7 Å². The number of carbonyl (C=O) groups is 1. The van der Waals surface area contributed by atoms with Gasteiger partial charge in [-0.25, -0.2) is 4.98 Å². The fraction of sp³-hybridized carbons (Fsp3) is 0.588. The molecule has 1 aromatic rings. The SMILES string of the molecule is C=CCN1CCN(C(C)C)C(=O)C12CCN(c1cnccn1)C2. The van der Waals surface area contributed by atoms with Crippen molar-refractivity contribution in [3.05, 3.63) is 31.2 Å². The van der Waals surface area contributed by atoms with Crippen LogP contribution in [0.5, 0.6) is 0 Å². The van der Waals surface area contributed by atoms with E-state index in [0.717, 1.165) is 38.4 Å².